The average molecular weight is 610 g/mol. The van der Waals surface area contributed by atoms with Crippen LogP contribution in [0.5, 0.6) is 0 Å². The number of nitrogens with one attached hydrogen (secondary N) is 2. The van der Waals surface area contributed by atoms with Crippen molar-refractivity contribution in [2.45, 2.75) is 38.6 Å². The van der Waals surface area contributed by atoms with Gasteiger partial charge in [0.2, 0.25) is 0 Å². The van der Waals surface area contributed by atoms with Gasteiger partial charge in [-0.1, -0.05) is 62.4 Å². The molecule has 1 atom stereocenters. The lowest BCUT2D eigenvalue weighted by molar-refractivity contribution is 0.0930. The molecule has 6 heteroatoms. The van der Waals surface area contributed by atoms with Crippen molar-refractivity contribution in [3.8, 4) is 11.1 Å². The number of pyridine rings is 1. The van der Waals surface area contributed by atoms with E-state index in [0.29, 0.717) is 30.5 Å². The number of allylic oxidation sites excluding steroid dienone is 4. The Balaban J connectivity index is 0.000000471. The SMILES string of the molecule is C1=CC=CNC=C1.CC1(C)CC(C(=O)c2ccc(F)cc2)C=c2c1ccc1c2=CCc2cc(C(=O)NCc3cccnc3)ccc2-1. The van der Waals surface area contributed by atoms with Gasteiger partial charge in [0.05, 0.1) is 0 Å². The van der Waals surface area contributed by atoms with Gasteiger partial charge in [-0.05, 0) is 111 Å². The van der Waals surface area contributed by atoms with Crippen molar-refractivity contribution in [2.24, 2.45) is 5.92 Å². The van der Waals surface area contributed by atoms with E-state index >= 15 is 0 Å². The second-order valence-corrected chi connectivity index (χ2v) is 12.3. The zero-order chi connectivity index (χ0) is 32.1. The van der Waals surface area contributed by atoms with E-state index in [9.17, 15) is 14.0 Å². The average Bonchev–Trinajstić information content (AvgIpc) is 3.40. The fraction of sp³-hybridized carbons (Fsp3) is 0.175. The number of hydrogen-bond donors (Lipinski definition) is 2. The van der Waals surface area contributed by atoms with Crippen LogP contribution in [-0.2, 0) is 18.4 Å². The van der Waals surface area contributed by atoms with Gasteiger partial charge in [-0.2, -0.15) is 0 Å². The number of aromatic nitrogens is 1. The molecule has 0 radical (unpaired) electrons. The highest BCUT2D eigenvalue weighted by atomic mass is 19.1. The molecule has 1 aliphatic heterocycles. The van der Waals surface area contributed by atoms with Crippen LogP contribution in [0.25, 0.3) is 23.3 Å². The van der Waals surface area contributed by atoms with Crippen molar-refractivity contribution in [1.82, 2.24) is 15.6 Å². The molecule has 5 nitrogen and oxygen atoms in total. The third-order valence-electron chi connectivity index (χ3n) is 8.66. The minimum absolute atomic E-state index is 0.0180. The summed E-state index contributed by atoms with van der Waals surface area (Å²) in [6.07, 6.45) is 20.7. The van der Waals surface area contributed by atoms with E-state index in [1.165, 1.54) is 17.7 Å². The first-order valence-electron chi connectivity index (χ1n) is 15.5. The van der Waals surface area contributed by atoms with Crippen LogP contribution >= 0.6 is 0 Å². The van der Waals surface area contributed by atoms with Crippen molar-refractivity contribution in [2.75, 3.05) is 0 Å². The molecule has 3 aromatic carbocycles. The van der Waals surface area contributed by atoms with Crippen molar-refractivity contribution in [3.63, 3.8) is 0 Å². The number of rotatable bonds is 5. The maximum atomic E-state index is 13.5. The summed E-state index contributed by atoms with van der Waals surface area (Å²) in [6, 6.07) is 19.8. The molecule has 0 fully saturated rings. The third kappa shape index (κ3) is 6.66. The molecule has 46 heavy (non-hydrogen) atoms. The highest BCUT2D eigenvalue weighted by molar-refractivity contribution is 6.01. The number of halogens is 1. The van der Waals surface area contributed by atoms with Crippen LogP contribution in [0.2, 0.25) is 0 Å². The first kappa shape index (κ1) is 30.7. The number of amides is 1. The van der Waals surface area contributed by atoms with Crippen LogP contribution in [0.15, 0.2) is 116 Å². The van der Waals surface area contributed by atoms with Gasteiger partial charge in [0.1, 0.15) is 5.82 Å². The maximum Gasteiger partial charge on any atom is 0.251 e. The van der Waals surface area contributed by atoms with E-state index in [2.05, 4.69) is 53.7 Å². The Labute approximate surface area is 268 Å². The Morgan fingerprint density at radius 1 is 0.913 bits per heavy atom. The summed E-state index contributed by atoms with van der Waals surface area (Å²) >= 11 is 0. The normalized spacial score (nSPS) is 16.5. The first-order chi connectivity index (χ1) is 22.3. The lowest BCUT2D eigenvalue weighted by Crippen LogP contribution is -2.43. The minimum atomic E-state index is -0.346. The molecule has 3 aliphatic rings. The predicted molar refractivity (Wildman–Crippen MR) is 182 cm³/mol. The molecule has 1 amide bonds. The summed E-state index contributed by atoms with van der Waals surface area (Å²) in [5.74, 6) is -0.731. The highest BCUT2D eigenvalue weighted by Gasteiger charge is 2.34. The number of fused-ring (bicyclic) bond motifs is 5. The number of ketones is 1. The largest absolute Gasteiger partial charge is 0.368 e. The molecule has 1 unspecified atom stereocenters. The quantitative estimate of drug-likeness (QED) is 0.261. The van der Waals surface area contributed by atoms with Gasteiger partial charge in [-0.3, -0.25) is 14.6 Å². The molecule has 0 spiro atoms. The standard InChI is InChI=1S/C34H29FN2O2.C6H7N/c1-34(2)18-25(32(38)22-5-9-26(35)10-6-22)17-30-29-12-7-23-16-24(8-11-27(23)28(29)13-14-31(30)34)33(39)37-20-21-4-3-15-36-19-21;1-2-4-6-7-5-3-1/h3-6,8-17,19,25H,7,18,20H2,1-2H3,(H,37,39);1-7H. The molecule has 1 aromatic heterocycles. The van der Waals surface area contributed by atoms with E-state index in [1.807, 2.05) is 67.0 Å². The molecular formula is C40H36FN3O2. The second-order valence-electron chi connectivity index (χ2n) is 12.3. The van der Waals surface area contributed by atoms with Crippen LogP contribution in [0.3, 0.4) is 0 Å². The Morgan fingerprint density at radius 2 is 1.65 bits per heavy atom. The van der Waals surface area contributed by atoms with Crippen LogP contribution in [-0.4, -0.2) is 16.7 Å². The van der Waals surface area contributed by atoms with E-state index in [4.69, 9.17) is 0 Å². The van der Waals surface area contributed by atoms with Crippen LogP contribution in [0, 0.1) is 11.7 Å². The van der Waals surface area contributed by atoms with Crippen LogP contribution in [0.1, 0.15) is 57.7 Å². The van der Waals surface area contributed by atoms with Crippen molar-refractivity contribution >= 4 is 23.8 Å². The topological polar surface area (TPSA) is 71.1 Å². The smallest absolute Gasteiger partial charge is 0.251 e. The van der Waals surface area contributed by atoms with Gasteiger partial charge in [0.15, 0.2) is 5.78 Å². The summed E-state index contributed by atoms with van der Waals surface area (Å²) in [5.41, 5.74) is 6.48. The number of nitrogens with zero attached hydrogens (tertiary/aromatic N) is 1. The number of carbonyl (C=O) groups excluding carboxylic acids is 2. The Bertz CT molecular complexity index is 1980. The summed E-state index contributed by atoms with van der Waals surface area (Å²) in [7, 11) is 0. The van der Waals surface area contributed by atoms with Gasteiger partial charge in [-0.15, -0.1) is 0 Å². The first-order valence-corrected chi connectivity index (χ1v) is 15.5. The monoisotopic (exact) mass is 609 g/mol. The van der Waals surface area contributed by atoms with Crippen molar-refractivity contribution in [1.29, 1.82) is 0 Å². The highest BCUT2D eigenvalue weighted by Crippen LogP contribution is 2.35. The van der Waals surface area contributed by atoms with Gasteiger partial charge >= 0.3 is 0 Å². The zero-order valence-electron chi connectivity index (χ0n) is 26.0. The Hall–Kier alpha value is -5.36. The molecule has 230 valence electrons. The van der Waals surface area contributed by atoms with Gasteiger partial charge < -0.3 is 10.6 Å². The van der Waals surface area contributed by atoms with Crippen molar-refractivity contribution in [3.05, 3.63) is 160 Å². The predicted octanol–water partition coefficient (Wildman–Crippen LogP) is 6.29. The van der Waals surface area contributed by atoms with Gasteiger partial charge in [0.25, 0.3) is 5.91 Å². The van der Waals surface area contributed by atoms with Crippen LogP contribution in [0.4, 0.5) is 4.39 Å². The van der Waals surface area contributed by atoms with Crippen LogP contribution < -0.4 is 21.1 Å². The molecule has 0 saturated heterocycles. The zero-order valence-corrected chi connectivity index (χ0v) is 26.0. The molecule has 2 heterocycles. The van der Waals surface area contributed by atoms with Gasteiger partial charge in [-0.25, -0.2) is 4.39 Å². The molecule has 4 aromatic rings. The fourth-order valence-corrected chi connectivity index (χ4v) is 6.35. The van der Waals surface area contributed by atoms with E-state index in [0.717, 1.165) is 32.7 Å². The second kappa shape index (κ2) is 13.3. The number of carbonyl (C=O) groups is 2. The minimum Gasteiger partial charge on any atom is -0.368 e. The third-order valence-corrected chi connectivity index (χ3v) is 8.66. The molecule has 0 saturated carbocycles. The maximum absolute atomic E-state index is 13.5. The summed E-state index contributed by atoms with van der Waals surface area (Å²) in [4.78, 5) is 30.4. The van der Waals surface area contributed by atoms with E-state index < -0.39 is 0 Å². The van der Waals surface area contributed by atoms with E-state index in [1.54, 1.807) is 24.5 Å². The molecule has 2 N–H and O–H groups in total. The van der Waals surface area contributed by atoms with Crippen molar-refractivity contribution < 1.29 is 14.0 Å². The summed E-state index contributed by atoms with van der Waals surface area (Å²) < 4.78 is 13.5. The number of benzene rings is 3. The van der Waals surface area contributed by atoms with Gasteiger partial charge in [0, 0.05) is 48.4 Å². The van der Waals surface area contributed by atoms with E-state index in [-0.39, 0.29) is 28.8 Å². The molecule has 0 bridgehead atoms. The summed E-state index contributed by atoms with van der Waals surface area (Å²) in [5, 5.41) is 8.14. The lowest BCUT2D eigenvalue weighted by Gasteiger charge is -2.34. The Kier molecular flexibility index (Phi) is 8.88. The fourth-order valence-electron chi connectivity index (χ4n) is 6.35. The number of hydrogen-bond acceptors (Lipinski definition) is 4. The lowest BCUT2D eigenvalue weighted by atomic mass is 9.69. The molecule has 7 rings (SSSR count). The molecule has 2 aliphatic carbocycles. The number of Topliss-reactive ketones (excluding diaryl/α,β-unsaturated/α-hetero) is 1. The molecular weight excluding hydrogens is 573 g/mol. The Morgan fingerprint density at radius 3 is 2.39 bits per heavy atom. The summed E-state index contributed by atoms with van der Waals surface area (Å²) in [6.45, 7) is 4.79.